The van der Waals surface area contributed by atoms with Crippen LogP contribution in [0.15, 0.2) is 47.5 Å². The molecule has 4 aromatic rings. The second kappa shape index (κ2) is 12.9. The molecule has 0 bridgehead atoms. The van der Waals surface area contributed by atoms with E-state index in [1.54, 1.807) is 37.2 Å². The molecule has 0 fully saturated rings. The van der Waals surface area contributed by atoms with Crippen molar-refractivity contribution in [3.05, 3.63) is 58.9 Å². The van der Waals surface area contributed by atoms with Crippen molar-refractivity contribution in [2.75, 3.05) is 27.3 Å². The highest BCUT2D eigenvalue weighted by Gasteiger charge is 2.19. The minimum absolute atomic E-state index is 0.143. The summed E-state index contributed by atoms with van der Waals surface area (Å²) < 4.78 is 16.9. The monoisotopic (exact) mass is 609 g/mol. The number of hydrogen-bond donors (Lipinski definition) is 0. The molecule has 0 amide bonds. The summed E-state index contributed by atoms with van der Waals surface area (Å²) in [5, 5.41) is 8.59. The van der Waals surface area contributed by atoms with Gasteiger partial charge in [0.15, 0.2) is 0 Å². The van der Waals surface area contributed by atoms with Crippen molar-refractivity contribution in [3.63, 3.8) is 0 Å². The Morgan fingerprint density at radius 3 is 2.12 bits per heavy atom. The number of benzene rings is 1. The van der Waals surface area contributed by atoms with Crippen molar-refractivity contribution in [2.24, 2.45) is 0 Å². The average molecular weight is 610 g/mol. The summed E-state index contributed by atoms with van der Waals surface area (Å²) in [5.74, 6) is -0.218. The maximum atomic E-state index is 13.6. The van der Waals surface area contributed by atoms with E-state index in [2.05, 4.69) is 54.6 Å². The predicted molar refractivity (Wildman–Crippen MR) is 172 cm³/mol. The van der Waals surface area contributed by atoms with Crippen molar-refractivity contribution in [3.8, 4) is 5.69 Å². The summed E-state index contributed by atoms with van der Waals surface area (Å²) in [6, 6.07) is 9.40. The van der Waals surface area contributed by atoms with Gasteiger partial charge in [0.2, 0.25) is 5.78 Å². The summed E-state index contributed by atoms with van der Waals surface area (Å²) in [6.45, 7) is 15.3. The van der Waals surface area contributed by atoms with Gasteiger partial charge in [-0.05, 0) is 36.4 Å². The lowest BCUT2D eigenvalue weighted by molar-refractivity contribution is 0.0754. The zero-order chi connectivity index (χ0) is 30.7. The van der Waals surface area contributed by atoms with Crippen LogP contribution in [0.2, 0.25) is 51.4 Å². The van der Waals surface area contributed by atoms with Crippen molar-refractivity contribution in [2.45, 2.75) is 64.8 Å². The highest BCUT2D eigenvalue weighted by Crippen LogP contribution is 2.22. The molecule has 0 aliphatic carbocycles. The number of aromatic nitrogens is 6. The number of fused-ring (bicyclic) bond motifs is 2. The fraction of sp³-hybridized carbons (Fsp3) is 0.483. The molecule has 0 aliphatic rings. The Kier molecular flexibility index (Phi) is 9.65. The molecule has 0 saturated heterocycles. The zero-order valence-corrected chi connectivity index (χ0v) is 28.0. The third kappa shape index (κ3) is 7.91. The van der Waals surface area contributed by atoms with Crippen LogP contribution in [0, 0.1) is 0 Å². The van der Waals surface area contributed by atoms with E-state index in [1.165, 1.54) is 6.08 Å². The van der Waals surface area contributed by atoms with E-state index in [-0.39, 0.29) is 24.9 Å². The Morgan fingerprint density at radius 2 is 1.52 bits per heavy atom. The highest BCUT2D eigenvalue weighted by molar-refractivity contribution is 6.76. The molecule has 4 rings (SSSR count). The Balaban J connectivity index is 1.71. The van der Waals surface area contributed by atoms with E-state index in [0.29, 0.717) is 41.1 Å². The summed E-state index contributed by atoms with van der Waals surface area (Å²) in [5.41, 5.74) is 3.47. The minimum atomic E-state index is -1.28. The fourth-order valence-corrected chi connectivity index (χ4v) is 5.72. The Hall–Kier alpha value is -3.40. The Morgan fingerprint density at radius 1 is 0.905 bits per heavy atom. The molecule has 0 N–H and O–H groups in total. The number of allylic oxidation sites excluding steroid dienone is 1. The third-order valence-corrected chi connectivity index (χ3v) is 10.2. The van der Waals surface area contributed by atoms with Crippen LogP contribution in [-0.4, -0.2) is 83.3 Å². The molecule has 0 saturated carbocycles. The normalized spacial score (nSPS) is 12.7. The average Bonchev–Trinajstić information content (AvgIpc) is 3.44. The van der Waals surface area contributed by atoms with E-state index in [1.807, 2.05) is 32.3 Å². The second-order valence-corrected chi connectivity index (χ2v) is 24.5. The van der Waals surface area contributed by atoms with E-state index in [4.69, 9.17) is 9.47 Å². The van der Waals surface area contributed by atoms with Gasteiger partial charge in [0.25, 0.3) is 0 Å². The molecule has 0 aliphatic heterocycles. The SMILES string of the molecule is CN(C)/C=C/C(=O)c1cc2c(cn1)nnn2-c1ccc2c(c1)n(COCC[Si](C)(C)C)c(=O)n2COCC[Si](C)(C)C. The first kappa shape index (κ1) is 31.5. The zero-order valence-electron chi connectivity index (χ0n) is 26.0. The number of ether oxygens (including phenoxy) is 2. The smallest absolute Gasteiger partial charge is 0.332 e. The largest absolute Gasteiger partial charge is 0.383 e. The first-order valence-electron chi connectivity index (χ1n) is 14.2. The van der Waals surface area contributed by atoms with E-state index < -0.39 is 16.1 Å². The van der Waals surface area contributed by atoms with Gasteiger partial charge >= 0.3 is 5.69 Å². The van der Waals surface area contributed by atoms with Gasteiger partial charge in [-0.2, -0.15) is 0 Å². The van der Waals surface area contributed by atoms with Crippen LogP contribution in [0.1, 0.15) is 10.5 Å². The van der Waals surface area contributed by atoms with Gasteiger partial charge in [0.1, 0.15) is 24.7 Å². The molecule has 0 spiro atoms. The van der Waals surface area contributed by atoms with Crippen LogP contribution in [-0.2, 0) is 22.9 Å². The van der Waals surface area contributed by atoms with Crippen molar-refractivity contribution in [1.29, 1.82) is 0 Å². The number of imidazole rings is 1. The van der Waals surface area contributed by atoms with Gasteiger partial charge in [-0.1, -0.05) is 44.5 Å². The Bertz CT molecular complexity index is 1640. The molecule has 13 heteroatoms. The molecule has 3 aromatic heterocycles. The third-order valence-electron chi connectivity index (χ3n) is 6.79. The molecule has 0 atom stereocenters. The number of carbonyl (C=O) groups excluding carboxylic acids is 1. The van der Waals surface area contributed by atoms with E-state index in [0.717, 1.165) is 17.6 Å². The van der Waals surface area contributed by atoms with Gasteiger partial charge in [-0.25, -0.2) is 9.48 Å². The number of pyridine rings is 1. The topological polar surface area (TPSA) is 109 Å². The number of nitrogens with zero attached hydrogens (tertiary/aromatic N) is 7. The van der Waals surface area contributed by atoms with Crippen LogP contribution in [0.5, 0.6) is 0 Å². The molecular formula is C29H43N7O4Si2. The first-order valence-corrected chi connectivity index (χ1v) is 21.6. The molecule has 42 heavy (non-hydrogen) atoms. The predicted octanol–water partition coefficient (Wildman–Crippen LogP) is 4.81. The molecule has 0 radical (unpaired) electrons. The van der Waals surface area contributed by atoms with Crippen LogP contribution >= 0.6 is 0 Å². The number of ketones is 1. The van der Waals surface area contributed by atoms with Gasteiger partial charge in [0.05, 0.1) is 28.4 Å². The molecule has 226 valence electrons. The number of rotatable bonds is 14. The van der Waals surface area contributed by atoms with E-state index >= 15 is 0 Å². The summed E-state index contributed by atoms with van der Waals surface area (Å²) in [6.07, 6.45) is 4.70. The van der Waals surface area contributed by atoms with Crippen LogP contribution in [0.3, 0.4) is 0 Å². The quantitative estimate of drug-likeness (QED) is 0.0867. The summed E-state index contributed by atoms with van der Waals surface area (Å²) >= 11 is 0. The molecule has 1 aromatic carbocycles. The van der Waals surface area contributed by atoms with Crippen molar-refractivity contribution in [1.82, 2.24) is 34.0 Å². The molecule has 0 unspecified atom stereocenters. The lowest BCUT2D eigenvalue weighted by Crippen LogP contribution is -2.28. The van der Waals surface area contributed by atoms with Crippen LogP contribution in [0.25, 0.3) is 27.8 Å². The standard InChI is InChI=1S/C29H43N7O4Si2/c1-33(2)12-11-28(37)23-18-26-24(19-30-23)31-32-36(26)22-9-10-25-27(17-22)35(21-40-14-16-42(6,7)8)29(38)34(25)20-39-13-15-41(3,4)5/h9-12,17-19H,13-16,20-21H2,1-8H3/b12-11+. The van der Waals surface area contributed by atoms with Gasteiger partial charge < -0.3 is 14.4 Å². The number of hydrogen-bond acceptors (Lipinski definition) is 8. The minimum Gasteiger partial charge on any atom is -0.383 e. The molecular weight excluding hydrogens is 567 g/mol. The first-order chi connectivity index (χ1) is 19.7. The maximum absolute atomic E-state index is 13.6. The molecule has 3 heterocycles. The van der Waals surface area contributed by atoms with Crippen LogP contribution in [0.4, 0.5) is 0 Å². The Labute approximate surface area is 248 Å². The van der Waals surface area contributed by atoms with Crippen molar-refractivity contribution >= 4 is 44.0 Å². The fourth-order valence-electron chi connectivity index (χ4n) is 4.21. The van der Waals surface area contributed by atoms with Crippen LogP contribution < -0.4 is 5.69 Å². The summed E-state index contributed by atoms with van der Waals surface area (Å²) in [4.78, 5) is 32.3. The maximum Gasteiger partial charge on any atom is 0.332 e. The second-order valence-electron chi connectivity index (χ2n) is 13.2. The lowest BCUT2D eigenvalue weighted by Gasteiger charge is -2.15. The van der Waals surface area contributed by atoms with Gasteiger partial charge in [-0.3, -0.25) is 18.9 Å². The highest BCUT2D eigenvalue weighted by atomic mass is 28.3. The van der Waals surface area contributed by atoms with E-state index in [9.17, 15) is 9.59 Å². The van der Waals surface area contributed by atoms with Gasteiger partial charge in [0, 0.05) is 55.7 Å². The number of carbonyl (C=O) groups is 1. The molecule has 11 nitrogen and oxygen atoms in total. The van der Waals surface area contributed by atoms with Crippen molar-refractivity contribution < 1.29 is 14.3 Å². The van der Waals surface area contributed by atoms with Gasteiger partial charge in [-0.15, -0.1) is 5.10 Å². The summed E-state index contributed by atoms with van der Waals surface area (Å²) in [7, 11) is 1.16. The lowest BCUT2D eigenvalue weighted by atomic mass is 10.2.